The van der Waals surface area contributed by atoms with Crippen molar-refractivity contribution < 1.29 is 18.3 Å². The van der Waals surface area contributed by atoms with Crippen molar-refractivity contribution in [3.63, 3.8) is 0 Å². The van der Waals surface area contributed by atoms with Gasteiger partial charge in [-0.15, -0.1) is 0 Å². The Morgan fingerprint density at radius 3 is 2.71 bits per heavy atom. The summed E-state index contributed by atoms with van der Waals surface area (Å²) in [4.78, 5) is 10.5. The minimum absolute atomic E-state index is 0.0155. The second-order valence-electron chi connectivity index (χ2n) is 4.58. The summed E-state index contributed by atoms with van der Waals surface area (Å²) in [6.07, 6.45) is 2.55. The van der Waals surface area contributed by atoms with Crippen molar-refractivity contribution >= 4 is 16.2 Å². The Bertz CT molecular complexity index is 369. The van der Waals surface area contributed by atoms with Crippen LogP contribution in [0.5, 0.6) is 0 Å². The molecule has 0 radical (unpaired) electrons. The van der Waals surface area contributed by atoms with Gasteiger partial charge in [0, 0.05) is 18.6 Å². The summed E-state index contributed by atoms with van der Waals surface area (Å²) in [7, 11) is -3.56. The molecule has 0 bridgehead atoms. The van der Waals surface area contributed by atoms with E-state index in [4.69, 9.17) is 5.11 Å². The molecule has 2 atom stereocenters. The van der Waals surface area contributed by atoms with E-state index in [1.165, 1.54) is 4.31 Å². The van der Waals surface area contributed by atoms with Crippen molar-refractivity contribution in [1.29, 1.82) is 0 Å². The first-order valence-corrected chi connectivity index (χ1v) is 7.28. The molecule has 6 nitrogen and oxygen atoms in total. The van der Waals surface area contributed by atoms with E-state index in [2.05, 4.69) is 4.72 Å². The van der Waals surface area contributed by atoms with Crippen molar-refractivity contribution in [2.45, 2.75) is 51.6 Å². The van der Waals surface area contributed by atoms with E-state index in [-0.39, 0.29) is 12.5 Å². The number of hydrogen-bond donors (Lipinski definition) is 2. The minimum Gasteiger partial charge on any atom is -0.481 e. The summed E-state index contributed by atoms with van der Waals surface area (Å²) >= 11 is 0. The predicted octanol–water partition coefficient (Wildman–Crippen LogP) is 0.558. The summed E-state index contributed by atoms with van der Waals surface area (Å²) < 4.78 is 27.9. The number of nitrogens with one attached hydrogen (secondary N) is 1. The first kappa shape index (κ1) is 14.4. The molecule has 1 aliphatic heterocycles. The third-order valence-corrected chi connectivity index (χ3v) is 4.74. The average Bonchev–Trinajstić information content (AvgIpc) is 2.15. The molecule has 1 heterocycles. The molecule has 1 saturated heterocycles. The maximum atomic E-state index is 12.0. The average molecular weight is 264 g/mol. The lowest BCUT2D eigenvalue weighted by atomic mass is 10.1. The summed E-state index contributed by atoms with van der Waals surface area (Å²) in [6, 6.07) is -0.607. The number of hydrogen-bond acceptors (Lipinski definition) is 3. The van der Waals surface area contributed by atoms with Gasteiger partial charge in [0.05, 0.1) is 6.42 Å². The molecule has 1 fully saturated rings. The van der Waals surface area contributed by atoms with Gasteiger partial charge >= 0.3 is 5.97 Å². The van der Waals surface area contributed by atoms with E-state index in [1.54, 1.807) is 6.92 Å². The van der Waals surface area contributed by atoms with Gasteiger partial charge in [-0.2, -0.15) is 17.4 Å². The van der Waals surface area contributed by atoms with Crippen LogP contribution in [0.1, 0.15) is 39.5 Å². The molecule has 0 spiro atoms. The second-order valence-corrected chi connectivity index (χ2v) is 6.23. The first-order chi connectivity index (χ1) is 7.83. The van der Waals surface area contributed by atoms with Crippen molar-refractivity contribution in [1.82, 2.24) is 9.03 Å². The third-order valence-electron chi connectivity index (χ3n) is 2.88. The lowest BCUT2D eigenvalue weighted by Crippen LogP contribution is -2.50. The Labute approximate surface area is 102 Å². The van der Waals surface area contributed by atoms with E-state index >= 15 is 0 Å². The highest BCUT2D eigenvalue weighted by atomic mass is 32.2. The van der Waals surface area contributed by atoms with Crippen LogP contribution in [0, 0.1) is 0 Å². The van der Waals surface area contributed by atoms with Gasteiger partial charge < -0.3 is 5.11 Å². The molecule has 0 saturated carbocycles. The van der Waals surface area contributed by atoms with Gasteiger partial charge in [-0.3, -0.25) is 4.79 Å². The Morgan fingerprint density at radius 1 is 1.53 bits per heavy atom. The van der Waals surface area contributed by atoms with Gasteiger partial charge in [0.1, 0.15) is 0 Å². The molecule has 0 aromatic rings. The molecule has 100 valence electrons. The lowest BCUT2D eigenvalue weighted by Gasteiger charge is -2.33. The third kappa shape index (κ3) is 4.25. The zero-order valence-electron chi connectivity index (χ0n) is 10.2. The molecule has 7 heteroatoms. The van der Waals surface area contributed by atoms with Crippen LogP contribution in [0.3, 0.4) is 0 Å². The van der Waals surface area contributed by atoms with E-state index in [0.717, 1.165) is 19.3 Å². The Hall–Kier alpha value is -0.660. The second kappa shape index (κ2) is 5.79. The number of nitrogens with zero attached hydrogens (tertiary/aromatic N) is 1. The Morgan fingerprint density at radius 2 is 2.18 bits per heavy atom. The largest absolute Gasteiger partial charge is 0.481 e. The standard InChI is InChI=1S/C10H20N2O4S/c1-8(7-10(13)14)11-17(15,16)12-6-4-3-5-9(12)2/h8-9,11H,3-7H2,1-2H3,(H,13,14). The van der Waals surface area contributed by atoms with Gasteiger partial charge in [-0.1, -0.05) is 6.42 Å². The zero-order valence-corrected chi connectivity index (χ0v) is 11.0. The molecular formula is C10H20N2O4S. The number of carbonyl (C=O) groups is 1. The van der Waals surface area contributed by atoms with Gasteiger partial charge in [0.15, 0.2) is 0 Å². The zero-order chi connectivity index (χ0) is 13.1. The van der Waals surface area contributed by atoms with Crippen LogP contribution in [-0.2, 0) is 15.0 Å². The Kier molecular flexibility index (Phi) is 4.91. The summed E-state index contributed by atoms with van der Waals surface area (Å²) in [5, 5.41) is 8.59. The molecule has 2 N–H and O–H groups in total. The van der Waals surface area contributed by atoms with Crippen LogP contribution in [0.15, 0.2) is 0 Å². The molecule has 2 unspecified atom stereocenters. The smallest absolute Gasteiger partial charge is 0.304 e. The maximum Gasteiger partial charge on any atom is 0.304 e. The molecule has 1 rings (SSSR count). The topological polar surface area (TPSA) is 86.7 Å². The fourth-order valence-corrected chi connectivity index (χ4v) is 3.73. The molecular weight excluding hydrogens is 244 g/mol. The van der Waals surface area contributed by atoms with E-state index in [1.807, 2.05) is 6.92 Å². The number of carboxylic acids is 1. The van der Waals surface area contributed by atoms with Crippen molar-refractivity contribution in [2.75, 3.05) is 6.54 Å². The number of aliphatic carboxylic acids is 1. The molecule has 0 aliphatic carbocycles. The van der Waals surface area contributed by atoms with Crippen LogP contribution >= 0.6 is 0 Å². The monoisotopic (exact) mass is 264 g/mol. The number of carboxylic acid groups (broad SMARTS) is 1. The maximum absolute atomic E-state index is 12.0. The normalized spacial score (nSPS) is 24.5. The van der Waals surface area contributed by atoms with Crippen LogP contribution in [0.4, 0.5) is 0 Å². The van der Waals surface area contributed by atoms with E-state index in [0.29, 0.717) is 6.54 Å². The molecule has 0 aromatic heterocycles. The van der Waals surface area contributed by atoms with Crippen molar-refractivity contribution in [3.05, 3.63) is 0 Å². The van der Waals surface area contributed by atoms with Gasteiger partial charge in [-0.05, 0) is 26.7 Å². The minimum atomic E-state index is -3.56. The lowest BCUT2D eigenvalue weighted by molar-refractivity contribution is -0.137. The molecule has 17 heavy (non-hydrogen) atoms. The highest BCUT2D eigenvalue weighted by Crippen LogP contribution is 2.19. The van der Waals surface area contributed by atoms with Gasteiger partial charge in [-0.25, -0.2) is 0 Å². The number of rotatable bonds is 5. The molecule has 0 aromatic carbocycles. The number of piperidine rings is 1. The van der Waals surface area contributed by atoms with E-state index in [9.17, 15) is 13.2 Å². The molecule has 0 amide bonds. The quantitative estimate of drug-likeness (QED) is 0.759. The summed E-state index contributed by atoms with van der Waals surface area (Å²) in [5.41, 5.74) is 0. The van der Waals surface area contributed by atoms with Crippen molar-refractivity contribution in [2.24, 2.45) is 0 Å². The fourth-order valence-electron chi connectivity index (χ4n) is 2.05. The van der Waals surface area contributed by atoms with Crippen LogP contribution in [0.2, 0.25) is 0 Å². The highest BCUT2D eigenvalue weighted by molar-refractivity contribution is 7.87. The first-order valence-electron chi connectivity index (χ1n) is 5.84. The Balaban J connectivity index is 2.63. The van der Waals surface area contributed by atoms with Crippen LogP contribution < -0.4 is 4.72 Å². The van der Waals surface area contributed by atoms with Gasteiger partial charge in [0.2, 0.25) is 0 Å². The predicted molar refractivity (Wildman–Crippen MR) is 63.8 cm³/mol. The van der Waals surface area contributed by atoms with E-state index < -0.39 is 22.2 Å². The van der Waals surface area contributed by atoms with Crippen molar-refractivity contribution in [3.8, 4) is 0 Å². The highest BCUT2D eigenvalue weighted by Gasteiger charge is 2.30. The van der Waals surface area contributed by atoms with Crippen LogP contribution in [0.25, 0.3) is 0 Å². The SMILES string of the molecule is CC(CC(=O)O)NS(=O)(=O)N1CCCCC1C. The van der Waals surface area contributed by atoms with Crippen LogP contribution in [-0.4, -0.2) is 42.4 Å². The fraction of sp³-hybridized carbons (Fsp3) is 0.900. The van der Waals surface area contributed by atoms with Gasteiger partial charge in [0.25, 0.3) is 10.2 Å². The summed E-state index contributed by atoms with van der Waals surface area (Å²) in [6.45, 7) is 3.94. The molecule has 1 aliphatic rings. The summed E-state index contributed by atoms with van der Waals surface area (Å²) in [5.74, 6) is -1.01.